The van der Waals surface area contributed by atoms with Crippen molar-refractivity contribution in [3.05, 3.63) is 34.9 Å². The molecule has 3 rings (SSSR count). The third-order valence-electron chi connectivity index (χ3n) is 4.27. The second kappa shape index (κ2) is 5.49. The van der Waals surface area contributed by atoms with Crippen LogP contribution >= 0.6 is 11.6 Å². The molecule has 1 aliphatic carbocycles. The molecule has 106 valence electrons. The first-order valence-electron chi connectivity index (χ1n) is 7.15. The summed E-state index contributed by atoms with van der Waals surface area (Å²) in [6.07, 6.45) is 5.05. The maximum absolute atomic E-state index is 6.46. The Kier molecular flexibility index (Phi) is 3.70. The van der Waals surface area contributed by atoms with Crippen LogP contribution in [0.5, 0.6) is 0 Å². The van der Waals surface area contributed by atoms with E-state index in [0.29, 0.717) is 17.5 Å². The Balaban J connectivity index is 1.84. The van der Waals surface area contributed by atoms with Gasteiger partial charge in [0.25, 0.3) is 0 Å². The van der Waals surface area contributed by atoms with E-state index in [9.17, 15) is 0 Å². The van der Waals surface area contributed by atoms with Gasteiger partial charge < -0.3 is 10.3 Å². The first kappa shape index (κ1) is 13.5. The molecule has 1 saturated carbocycles. The van der Waals surface area contributed by atoms with Crippen molar-refractivity contribution in [2.75, 3.05) is 5.73 Å². The van der Waals surface area contributed by atoms with E-state index in [4.69, 9.17) is 21.9 Å². The van der Waals surface area contributed by atoms with Gasteiger partial charge in [-0.1, -0.05) is 48.7 Å². The summed E-state index contributed by atoms with van der Waals surface area (Å²) < 4.78 is 5.17. The van der Waals surface area contributed by atoms with Gasteiger partial charge in [-0.05, 0) is 36.3 Å². The fourth-order valence-corrected chi connectivity index (χ4v) is 3.34. The molecule has 1 fully saturated rings. The molecule has 0 amide bonds. The highest BCUT2D eigenvalue weighted by molar-refractivity contribution is 6.31. The van der Waals surface area contributed by atoms with Crippen molar-refractivity contribution in [3.63, 3.8) is 0 Å². The van der Waals surface area contributed by atoms with Crippen LogP contribution in [-0.2, 0) is 0 Å². The molecule has 20 heavy (non-hydrogen) atoms. The number of nitrogens with zero attached hydrogens (tertiary/aromatic N) is 1. The molecule has 0 spiro atoms. The Morgan fingerprint density at radius 3 is 2.55 bits per heavy atom. The zero-order valence-electron chi connectivity index (χ0n) is 11.6. The number of hydrogen-bond donors (Lipinski definition) is 1. The SMILES string of the molecule is CC1CCC(c2ccc(-c3cc(N)no3)cc2Cl)CC1. The number of rotatable bonds is 2. The van der Waals surface area contributed by atoms with Crippen LogP contribution in [-0.4, -0.2) is 5.16 Å². The van der Waals surface area contributed by atoms with Gasteiger partial charge in [0.15, 0.2) is 11.6 Å². The van der Waals surface area contributed by atoms with Gasteiger partial charge in [0.2, 0.25) is 0 Å². The first-order chi connectivity index (χ1) is 9.63. The second-order valence-electron chi connectivity index (χ2n) is 5.81. The summed E-state index contributed by atoms with van der Waals surface area (Å²) in [4.78, 5) is 0. The Labute approximate surface area is 124 Å². The average Bonchev–Trinajstić information content (AvgIpc) is 2.87. The van der Waals surface area contributed by atoms with E-state index in [1.807, 2.05) is 12.1 Å². The van der Waals surface area contributed by atoms with Crippen LogP contribution in [0.2, 0.25) is 5.02 Å². The number of halogens is 1. The van der Waals surface area contributed by atoms with Crippen molar-refractivity contribution in [2.45, 2.75) is 38.5 Å². The standard InChI is InChI=1S/C16H19ClN2O/c1-10-2-4-11(5-3-10)13-7-6-12(8-14(13)17)15-9-16(18)19-20-15/h6-11H,2-5H2,1H3,(H2,18,19). The minimum absolute atomic E-state index is 0.390. The van der Waals surface area contributed by atoms with E-state index in [-0.39, 0.29) is 0 Å². The van der Waals surface area contributed by atoms with Crippen LogP contribution < -0.4 is 5.73 Å². The number of benzene rings is 1. The Morgan fingerprint density at radius 1 is 1.20 bits per heavy atom. The lowest BCUT2D eigenvalue weighted by atomic mass is 9.79. The van der Waals surface area contributed by atoms with E-state index in [2.05, 4.69) is 18.1 Å². The fraction of sp³-hybridized carbons (Fsp3) is 0.438. The summed E-state index contributed by atoms with van der Waals surface area (Å²) >= 11 is 6.46. The van der Waals surface area contributed by atoms with E-state index < -0.39 is 0 Å². The van der Waals surface area contributed by atoms with Gasteiger partial charge in [-0.2, -0.15) is 0 Å². The van der Waals surface area contributed by atoms with Crippen LogP contribution in [0.15, 0.2) is 28.8 Å². The summed E-state index contributed by atoms with van der Waals surface area (Å²) in [5.41, 5.74) is 7.76. The highest BCUT2D eigenvalue weighted by Crippen LogP contribution is 2.39. The maximum atomic E-state index is 6.46. The predicted molar refractivity (Wildman–Crippen MR) is 81.7 cm³/mol. The third-order valence-corrected chi connectivity index (χ3v) is 4.60. The Hall–Kier alpha value is -1.48. The van der Waals surface area contributed by atoms with Crippen LogP contribution in [0.3, 0.4) is 0 Å². The molecular formula is C16H19ClN2O. The maximum Gasteiger partial charge on any atom is 0.169 e. The highest BCUT2D eigenvalue weighted by atomic mass is 35.5. The lowest BCUT2D eigenvalue weighted by Crippen LogP contribution is -2.11. The Morgan fingerprint density at radius 2 is 1.95 bits per heavy atom. The van der Waals surface area contributed by atoms with Crippen molar-refractivity contribution < 1.29 is 4.52 Å². The zero-order chi connectivity index (χ0) is 14.1. The molecule has 1 aromatic carbocycles. The lowest BCUT2D eigenvalue weighted by molar-refractivity contribution is 0.348. The monoisotopic (exact) mass is 290 g/mol. The average molecular weight is 291 g/mol. The number of aromatic nitrogens is 1. The number of anilines is 1. The van der Waals surface area contributed by atoms with Gasteiger partial charge in [-0.25, -0.2) is 0 Å². The minimum Gasteiger partial charge on any atom is -0.381 e. The van der Waals surface area contributed by atoms with E-state index in [0.717, 1.165) is 16.5 Å². The van der Waals surface area contributed by atoms with Gasteiger partial charge in [-0.3, -0.25) is 0 Å². The summed E-state index contributed by atoms with van der Waals surface area (Å²) in [5, 5.41) is 4.52. The third kappa shape index (κ3) is 2.68. The molecule has 0 saturated heterocycles. The van der Waals surface area contributed by atoms with Crippen molar-refractivity contribution in [2.24, 2.45) is 5.92 Å². The van der Waals surface area contributed by atoms with E-state index >= 15 is 0 Å². The topological polar surface area (TPSA) is 52.0 Å². The fourth-order valence-electron chi connectivity index (χ4n) is 3.01. The van der Waals surface area contributed by atoms with E-state index in [1.165, 1.54) is 31.2 Å². The predicted octanol–water partition coefficient (Wildman–Crippen LogP) is 4.87. The van der Waals surface area contributed by atoms with Gasteiger partial charge in [0.1, 0.15) is 0 Å². The van der Waals surface area contributed by atoms with Crippen molar-refractivity contribution in [1.29, 1.82) is 0 Å². The molecule has 4 heteroatoms. The number of nitrogen functional groups attached to an aromatic ring is 1. The normalized spacial score (nSPS) is 22.9. The van der Waals surface area contributed by atoms with Crippen molar-refractivity contribution >= 4 is 17.4 Å². The zero-order valence-corrected chi connectivity index (χ0v) is 12.4. The molecule has 1 heterocycles. The van der Waals surface area contributed by atoms with Crippen LogP contribution in [0.1, 0.15) is 44.1 Å². The van der Waals surface area contributed by atoms with E-state index in [1.54, 1.807) is 6.07 Å². The number of nitrogens with two attached hydrogens (primary N) is 1. The summed E-state index contributed by atoms with van der Waals surface area (Å²) in [6, 6.07) is 7.83. The van der Waals surface area contributed by atoms with Crippen LogP contribution in [0.25, 0.3) is 11.3 Å². The largest absolute Gasteiger partial charge is 0.381 e. The van der Waals surface area contributed by atoms with Gasteiger partial charge in [0, 0.05) is 16.7 Å². The van der Waals surface area contributed by atoms with Crippen LogP contribution in [0.4, 0.5) is 5.82 Å². The van der Waals surface area contributed by atoms with Gasteiger partial charge >= 0.3 is 0 Å². The highest BCUT2D eigenvalue weighted by Gasteiger charge is 2.22. The summed E-state index contributed by atoms with van der Waals surface area (Å²) in [5.74, 6) is 2.49. The van der Waals surface area contributed by atoms with Crippen molar-refractivity contribution in [1.82, 2.24) is 5.16 Å². The van der Waals surface area contributed by atoms with Gasteiger partial charge in [0.05, 0.1) is 0 Å². The molecule has 0 unspecified atom stereocenters. The van der Waals surface area contributed by atoms with Gasteiger partial charge in [-0.15, -0.1) is 0 Å². The molecule has 1 aromatic heterocycles. The molecule has 0 aliphatic heterocycles. The molecule has 1 aliphatic rings. The smallest absolute Gasteiger partial charge is 0.169 e. The molecule has 0 bridgehead atoms. The first-order valence-corrected chi connectivity index (χ1v) is 7.53. The minimum atomic E-state index is 0.390. The summed E-state index contributed by atoms with van der Waals surface area (Å²) in [7, 11) is 0. The van der Waals surface area contributed by atoms with Crippen LogP contribution in [0, 0.1) is 5.92 Å². The van der Waals surface area contributed by atoms with Crippen molar-refractivity contribution in [3.8, 4) is 11.3 Å². The molecule has 2 aromatic rings. The molecule has 2 N–H and O–H groups in total. The molecular weight excluding hydrogens is 272 g/mol. The molecule has 0 radical (unpaired) electrons. The molecule has 0 atom stereocenters. The summed E-state index contributed by atoms with van der Waals surface area (Å²) in [6.45, 7) is 2.33. The quantitative estimate of drug-likeness (QED) is 0.858. The molecule has 3 nitrogen and oxygen atoms in total. The lowest BCUT2D eigenvalue weighted by Gasteiger charge is -2.27. The second-order valence-corrected chi connectivity index (χ2v) is 6.22. The Bertz CT molecular complexity index is 600. The number of hydrogen-bond acceptors (Lipinski definition) is 3.